The minimum absolute atomic E-state index is 0.0486. The normalized spacial score (nSPS) is 58.8. The first kappa shape index (κ1) is 23.5. The summed E-state index contributed by atoms with van der Waals surface area (Å²) in [6.45, 7) is 12.2. The van der Waals surface area contributed by atoms with Gasteiger partial charge in [0.25, 0.3) is 0 Å². The van der Waals surface area contributed by atoms with Crippen LogP contribution >= 0.6 is 0 Å². The monoisotopic (exact) mass is 496 g/mol. The molecule has 2 heterocycles. The Morgan fingerprint density at radius 2 is 1.50 bits per heavy atom. The lowest BCUT2D eigenvalue weighted by atomic mass is 9.58. The highest BCUT2D eigenvalue weighted by Gasteiger charge is 2.78. The Kier molecular flexibility index (Phi) is 4.46. The molecule has 2 N–H and O–H groups in total. The Morgan fingerprint density at radius 3 is 2.22 bits per heavy atom. The summed E-state index contributed by atoms with van der Waals surface area (Å²) in [5.74, 6) is -0.460. The van der Waals surface area contributed by atoms with Crippen LogP contribution in [0.1, 0.15) is 67.2 Å². The van der Waals surface area contributed by atoms with Gasteiger partial charge in [-0.3, -0.25) is 9.59 Å². The van der Waals surface area contributed by atoms with Crippen molar-refractivity contribution in [1.82, 2.24) is 0 Å². The van der Waals surface area contributed by atoms with E-state index >= 15 is 0 Å². The van der Waals surface area contributed by atoms with Crippen molar-refractivity contribution in [3.8, 4) is 0 Å². The van der Waals surface area contributed by atoms with Crippen molar-refractivity contribution in [2.45, 2.75) is 90.6 Å². The van der Waals surface area contributed by atoms with Crippen LogP contribution in [0.5, 0.6) is 0 Å². The quantitative estimate of drug-likeness (QED) is 0.391. The second kappa shape index (κ2) is 6.85. The third-order valence-corrected chi connectivity index (χ3v) is 12.4. The zero-order chi connectivity index (χ0) is 25.7. The standard InChI is InChI=1S/C30H40O6/c1-12-11-18-20-21(30(12)24(18)29(6,34)10-8-17-14(3)27(32)36-25(17)30)15(4)19-22(20)28(5,33)9-7-16-13(2)26(31)35-23(16)19/h11,13-14,16-18,20-25,33-34H,7-10H2,1-6H3/t13-,14-,16-,17-,18+,20-,21-,22-,23-,24-,25-,28-,29-,30+/m1/s1. The van der Waals surface area contributed by atoms with Crippen molar-refractivity contribution in [2.24, 2.45) is 58.7 Å². The maximum atomic E-state index is 13.0. The number of esters is 2. The molecule has 7 aliphatic rings. The Hall–Kier alpha value is -1.66. The third kappa shape index (κ3) is 2.43. The van der Waals surface area contributed by atoms with Crippen molar-refractivity contribution >= 4 is 11.9 Å². The molecule has 2 saturated heterocycles. The van der Waals surface area contributed by atoms with Crippen LogP contribution in [0.3, 0.4) is 0 Å². The van der Waals surface area contributed by atoms with Gasteiger partial charge in [0.05, 0.1) is 23.0 Å². The van der Waals surface area contributed by atoms with Crippen molar-refractivity contribution in [3.05, 3.63) is 22.8 Å². The molecule has 36 heavy (non-hydrogen) atoms. The maximum Gasteiger partial charge on any atom is 0.309 e. The van der Waals surface area contributed by atoms with Gasteiger partial charge in [-0.15, -0.1) is 0 Å². The molecule has 0 spiro atoms. The molecule has 3 saturated carbocycles. The highest BCUT2D eigenvalue weighted by molar-refractivity contribution is 5.76. The van der Waals surface area contributed by atoms with Crippen molar-refractivity contribution < 1.29 is 29.3 Å². The number of aliphatic hydroxyl groups is 2. The van der Waals surface area contributed by atoms with Gasteiger partial charge in [-0.05, 0) is 76.7 Å². The molecule has 5 aliphatic carbocycles. The van der Waals surface area contributed by atoms with E-state index in [2.05, 4.69) is 19.9 Å². The predicted octanol–water partition coefficient (Wildman–Crippen LogP) is 3.80. The fourth-order valence-electron chi connectivity index (χ4n) is 11.0. The molecule has 0 aromatic carbocycles. The van der Waals surface area contributed by atoms with Crippen LogP contribution in [-0.2, 0) is 19.1 Å². The fraction of sp³-hybridized carbons (Fsp3) is 0.800. The molecular weight excluding hydrogens is 456 g/mol. The largest absolute Gasteiger partial charge is 0.461 e. The lowest BCUT2D eigenvalue weighted by molar-refractivity contribution is -0.153. The smallest absolute Gasteiger partial charge is 0.309 e. The van der Waals surface area contributed by atoms with E-state index in [-0.39, 0.29) is 77.4 Å². The Labute approximate surface area is 213 Å². The van der Waals surface area contributed by atoms with Crippen LogP contribution in [0.4, 0.5) is 0 Å². The summed E-state index contributed by atoms with van der Waals surface area (Å²) >= 11 is 0. The van der Waals surface area contributed by atoms with E-state index in [4.69, 9.17) is 9.47 Å². The number of ether oxygens (including phenoxy) is 2. The summed E-state index contributed by atoms with van der Waals surface area (Å²) in [5.41, 5.74) is 1.23. The van der Waals surface area contributed by atoms with Crippen LogP contribution in [0.25, 0.3) is 0 Å². The van der Waals surface area contributed by atoms with Gasteiger partial charge in [0, 0.05) is 29.1 Å². The van der Waals surface area contributed by atoms with E-state index in [0.717, 1.165) is 18.4 Å². The molecule has 0 aromatic heterocycles. The summed E-state index contributed by atoms with van der Waals surface area (Å²) in [7, 11) is 0. The molecular formula is C30H40O6. The lowest BCUT2D eigenvalue weighted by Crippen LogP contribution is -2.51. The first-order valence-corrected chi connectivity index (χ1v) is 14.1. The summed E-state index contributed by atoms with van der Waals surface area (Å²) in [5, 5.41) is 24.1. The number of carbonyl (C=O) groups is 2. The summed E-state index contributed by atoms with van der Waals surface area (Å²) < 4.78 is 12.4. The van der Waals surface area contributed by atoms with Gasteiger partial charge < -0.3 is 19.7 Å². The molecule has 2 aliphatic heterocycles. The molecule has 14 atom stereocenters. The lowest BCUT2D eigenvalue weighted by Gasteiger charge is -2.47. The van der Waals surface area contributed by atoms with Gasteiger partial charge in [-0.1, -0.05) is 31.1 Å². The van der Waals surface area contributed by atoms with E-state index in [1.165, 1.54) is 11.1 Å². The molecule has 6 nitrogen and oxygen atoms in total. The van der Waals surface area contributed by atoms with E-state index in [1.54, 1.807) is 0 Å². The molecule has 7 rings (SSSR count). The molecule has 5 fully saturated rings. The predicted molar refractivity (Wildman–Crippen MR) is 131 cm³/mol. The highest BCUT2D eigenvalue weighted by atomic mass is 16.6. The molecule has 196 valence electrons. The van der Waals surface area contributed by atoms with E-state index in [1.807, 2.05) is 27.7 Å². The van der Waals surface area contributed by atoms with Gasteiger partial charge in [0.2, 0.25) is 0 Å². The fourth-order valence-corrected chi connectivity index (χ4v) is 11.0. The van der Waals surface area contributed by atoms with Crippen LogP contribution < -0.4 is 0 Å². The van der Waals surface area contributed by atoms with Crippen LogP contribution in [0.15, 0.2) is 22.8 Å². The molecule has 0 aromatic rings. The van der Waals surface area contributed by atoms with Crippen LogP contribution in [0, 0.1) is 58.7 Å². The van der Waals surface area contributed by atoms with Crippen LogP contribution in [0.2, 0.25) is 0 Å². The zero-order valence-electron chi connectivity index (χ0n) is 22.3. The summed E-state index contributed by atoms with van der Waals surface area (Å²) in [6.07, 6.45) is 4.59. The number of rotatable bonds is 0. The average Bonchev–Trinajstić information content (AvgIpc) is 3.49. The summed E-state index contributed by atoms with van der Waals surface area (Å²) in [6, 6.07) is 0. The second-order valence-corrected chi connectivity index (χ2v) is 13.9. The minimum atomic E-state index is -0.931. The summed E-state index contributed by atoms with van der Waals surface area (Å²) in [4.78, 5) is 25.7. The van der Waals surface area contributed by atoms with Crippen molar-refractivity contribution in [2.75, 3.05) is 0 Å². The van der Waals surface area contributed by atoms with E-state index < -0.39 is 16.6 Å². The van der Waals surface area contributed by atoms with Crippen LogP contribution in [-0.4, -0.2) is 45.6 Å². The van der Waals surface area contributed by atoms with Gasteiger partial charge in [-0.2, -0.15) is 0 Å². The van der Waals surface area contributed by atoms with Gasteiger partial charge >= 0.3 is 11.9 Å². The highest BCUT2D eigenvalue weighted by Crippen LogP contribution is 2.78. The maximum absolute atomic E-state index is 13.0. The SMILES string of the molecule is CC1=C[C@H]2[C@@H]3[C@@H](C(C)=C4[C@H]3[C@](C)(O)CC[C@@H]3[C@@H](C)C(=O)O[C@@H]43)[C@@]13[C@@H]1OC(=O)[C@H](C)[C@H]1CC[C@@](C)(O)[C@@H]23. The number of hydrogen-bond acceptors (Lipinski definition) is 6. The number of fused-ring (bicyclic) bond motifs is 7. The minimum Gasteiger partial charge on any atom is -0.461 e. The topological polar surface area (TPSA) is 93.1 Å². The third-order valence-electron chi connectivity index (χ3n) is 12.4. The molecule has 2 bridgehead atoms. The van der Waals surface area contributed by atoms with E-state index in [9.17, 15) is 19.8 Å². The first-order valence-electron chi connectivity index (χ1n) is 14.1. The van der Waals surface area contributed by atoms with E-state index in [0.29, 0.717) is 12.8 Å². The van der Waals surface area contributed by atoms with Gasteiger partial charge in [0.1, 0.15) is 12.2 Å². The zero-order valence-corrected chi connectivity index (χ0v) is 22.3. The number of hydrogen-bond donors (Lipinski definition) is 2. The second-order valence-electron chi connectivity index (χ2n) is 13.9. The molecule has 0 radical (unpaired) electrons. The average molecular weight is 497 g/mol. The Bertz CT molecular complexity index is 1130. The number of carbonyl (C=O) groups excluding carboxylic acids is 2. The first-order chi connectivity index (χ1) is 16.8. The Morgan fingerprint density at radius 1 is 0.889 bits per heavy atom. The Balaban J connectivity index is 1.47. The van der Waals surface area contributed by atoms with Crippen molar-refractivity contribution in [3.63, 3.8) is 0 Å². The van der Waals surface area contributed by atoms with Gasteiger partial charge in [-0.25, -0.2) is 0 Å². The molecule has 0 amide bonds. The van der Waals surface area contributed by atoms with Gasteiger partial charge in [0.15, 0.2) is 0 Å². The number of allylic oxidation sites excluding steroid dienone is 2. The van der Waals surface area contributed by atoms with Crippen molar-refractivity contribution in [1.29, 1.82) is 0 Å². The molecule has 0 unspecified atom stereocenters. The molecule has 6 heteroatoms.